The molecule has 4 rings (SSSR count). The predicted octanol–water partition coefficient (Wildman–Crippen LogP) is 4.11. The number of nitrogens with one attached hydrogen (secondary N) is 1. The number of nitriles is 1. The zero-order chi connectivity index (χ0) is 25.7. The molecule has 190 valence electrons. The van der Waals surface area contributed by atoms with Gasteiger partial charge in [0.1, 0.15) is 11.8 Å². The maximum atomic E-state index is 12.3. The average Bonchev–Trinajstić information content (AvgIpc) is 3.33. The van der Waals surface area contributed by atoms with Crippen LogP contribution in [0.25, 0.3) is 11.5 Å². The molecule has 1 unspecified atom stereocenters. The Morgan fingerprint density at radius 3 is 2.36 bits per heavy atom. The number of anilines is 1. The molecule has 0 spiro atoms. The fraction of sp³-hybridized carbons (Fsp3) is 0.385. The Kier molecular flexibility index (Phi) is 7.94. The molecule has 1 atom stereocenters. The van der Waals surface area contributed by atoms with Crippen LogP contribution in [0.3, 0.4) is 0 Å². The molecule has 10 heteroatoms. The highest BCUT2D eigenvalue weighted by Gasteiger charge is 2.24. The lowest BCUT2D eigenvalue weighted by atomic mass is 10.0. The monoisotopic (exact) mass is 509 g/mol. The highest BCUT2D eigenvalue weighted by Crippen LogP contribution is 2.30. The molecule has 9 nitrogen and oxygen atoms in total. The van der Waals surface area contributed by atoms with Gasteiger partial charge in [0.15, 0.2) is 0 Å². The normalized spacial score (nSPS) is 15.4. The van der Waals surface area contributed by atoms with Crippen LogP contribution in [0.5, 0.6) is 5.75 Å². The van der Waals surface area contributed by atoms with Gasteiger partial charge in [0, 0.05) is 26.2 Å². The van der Waals surface area contributed by atoms with E-state index >= 15 is 0 Å². The van der Waals surface area contributed by atoms with E-state index in [1.54, 1.807) is 19.2 Å². The number of likely N-dealkylation sites (tertiary alicyclic amines) is 1. The number of ether oxygens (including phenoxy) is 1. The van der Waals surface area contributed by atoms with Crippen molar-refractivity contribution in [2.24, 2.45) is 0 Å². The van der Waals surface area contributed by atoms with Gasteiger partial charge < -0.3 is 14.5 Å². The second kappa shape index (κ2) is 11.1. The van der Waals surface area contributed by atoms with Gasteiger partial charge in [-0.2, -0.15) is 10.2 Å². The van der Waals surface area contributed by atoms with Crippen molar-refractivity contribution in [2.75, 3.05) is 46.2 Å². The van der Waals surface area contributed by atoms with Crippen LogP contribution >= 0.6 is 0 Å². The largest absolute Gasteiger partial charge is 0.497 e. The van der Waals surface area contributed by atoms with Crippen LogP contribution in [0.15, 0.2) is 57.8 Å². The summed E-state index contributed by atoms with van der Waals surface area (Å²) in [6, 6.07) is 16.5. The van der Waals surface area contributed by atoms with Crippen molar-refractivity contribution in [1.82, 2.24) is 14.2 Å². The number of benzene rings is 2. The van der Waals surface area contributed by atoms with Crippen molar-refractivity contribution in [3.05, 3.63) is 59.8 Å². The van der Waals surface area contributed by atoms with E-state index in [1.165, 1.54) is 32.6 Å². The number of hydrogen-bond acceptors (Lipinski definition) is 8. The van der Waals surface area contributed by atoms with Crippen LogP contribution in [-0.2, 0) is 10.0 Å². The maximum absolute atomic E-state index is 12.3. The van der Waals surface area contributed by atoms with Gasteiger partial charge in [-0.3, -0.25) is 4.90 Å². The second-order valence-electron chi connectivity index (χ2n) is 8.89. The predicted molar refractivity (Wildman–Crippen MR) is 137 cm³/mol. The zero-order valence-electron chi connectivity index (χ0n) is 20.8. The summed E-state index contributed by atoms with van der Waals surface area (Å²) in [5.74, 6) is 1.36. The van der Waals surface area contributed by atoms with Gasteiger partial charge in [0.05, 0.1) is 18.0 Å². The van der Waals surface area contributed by atoms with Crippen molar-refractivity contribution < 1.29 is 17.6 Å². The summed E-state index contributed by atoms with van der Waals surface area (Å²) in [7, 11) is 1.08. The van der Waals surface area contributed by atoms with Crippen molar-refractivity contribution in [3.8, 4) is 23.3 Å². The third-order valence-corrected chi connectivity index (χ3v) is 8.23. The number of aromatic nitrogens is 1. The SMILES string of the molecule is COc1ccc(C(CNc2oc(-c3ccc(S(=O)(=O)N(C)C)cc3)nc2C#N)N2CCCCC2)cc1. The van der Waals surface area contributed by atoms with E-state index in [0.29, 0.717) is 18.0 Å². The quantitative estimate of drug-likeness (QED) is 0.459. The van der Waals surface area contributed by atoms with Crippen LogP contribution in [0.4, 0.5) is 5.88 Å². The minimum absolute atomic E-state index is 0.0897. The van der Waals surface area contributed by atoms with Crippen LogP contribution in [-0.4, -0.2) is 63.4 Å². The van der Waals surface area contributed by atoms with Gasteiger partial charge in [-0.15, -0.1) is 0 Å². The van der Waals surface area contributed by atoms with E-state index in [9.17, 15) is 13.7 Å². The van der Waals surface area contributed by atoms with Crippen molar-refractivity contribution in [2.45, 2.75) is 30.2 Å². The Bertz CT molecular complexity index is 1310. The minimum Gasteiger partial charge on any atom is -0.497 e. The van der Waals surface area contributed by atoms with E-state index in [0.717, 1.165) is 41.5 Å². The fourth-order valence-corrected chi connectivity index (χ4v) is 5.22. The summed E-state index contributed by atoms with van der Waals surface area (Å²) in [5.41, 5.74) is 1.89. The summed E-state index contributed by atoms with van der Waals surface area (Å²) in [5, 5.41) is 13.0. The first kappa shape index (κ1) is 25.7. The molecule has 0 amide bonds. The summed E-state index contributed by atoms with van der Waals surface area (Å²) < 4.78 is 37.1. The van der Waals surface area contributed by atoms with E-state index in [4.69, 9.17) is 9.15 Å². The number of oxazole rings is 1. The third kappa shape index (κ3) is 5.54. The number of hydrogen-bond donors (Lipinski definition) is 1. The van der Waals surface area contributed by atoms with Crippen LogP contribution in [0.2, 0.25) is 0 Å². The van der Waals surface area contributed by atoms with Crippen molar-refractivity contribution in [1.29, 1.82) is 5.26 Å². The summed E-state index contributed by atoms with van der Waals surface area (Å²) in [6.45, 7) is 2.55. The van der Waals surface area contributed by atoms with E-state index in [1.807, 2.05) is 12.1 Å². The van der Waals surface area contributed by atoms with Gasteiger partial charge in [-0.05, 0) is 67.9 Å². The minimum atomic E-state index is -3.54. The first-order valence-electron chi connectivity index (χ1n) is 11.9. The Hall–Kier alpha value is -3.39. The average molecular weight is 510 g/mol. The van der Waals surface area contributed by atoms with E-state index < -0.39 is 10.0 Å². The lowest BCUT2D eigenvalue weighted by Gasteiger charge is -2.35. The lowest BCUT2D eigenvalue weighted by molar-refractivity contribution is 0.170. The molecule has 1 fully saturated rings. The van der Waals surface area contributed by atoms with Gasteiger partial charge in [0.2, 0.25) is 27.5 Å². The van der Waals surface area contributed by atoms with Crippen LogP contribution in [0.1, 0.15) is 36.6 Å². The molecule has 1 aromatic heterocycles. The second-order valence-corrected chi connectivity index (χ2v) is 11.0. The van der Waals surface area contributed by atoms with E-state index in [-0.39, 0.29) is 22.5 Å². The smallest absolute Gasteiger partial charge is 0.242 e. The van der Waals surface area contributed by atoms with E-state index in [2.05, 4.69) is 33.4 Å². The third-order valence-electron chi connectivity index (χ3n) is 6.40. The molecule has 3 aromatic rings. The van der Waals surface area contributed by atoms with Gasteiger partial charge in [-0.25, -0.2) is 12.7 Å². The first-order valence-corrected chi connectivity index (χ1v) is 13.3. The van der Waals surface area contributed by atoms with Crippen molar-refractivity contribution >= 4 is 15.9 Å². The molecule has 1 N–H and O–H groups in total. The summed E-state index contributed by atoms with van der Waals surface area (Å²) >= 11 is 0. The molecule has 0 radical (unpaired) electrons. The number of piperidine rings is 1. The van der Waals surface area contributed by atoms with Crippen LogP contribution in [0, 0.1) is 11.3 Å². The lowest BCUT2D eigenvalue weighted by Crippen LogP contribution is -2.37. The molecule has 36 heavy (non-hydrogen) atoms. The zero-order valence-corrected chi connectivity index (χ0v) is 21.6. The number of methoxy groups -OCH3 is 1. The molecular weight excluding hydrogens is 478 g/mol. The molecule has 0 saturated carbocycles. The number of sulfonamides is 1. The highest BCUT2D eigenvalue weighted by atomic mass is 32.2. The molecule has 1 aliphatic heterocycles. The Morgan fingerprint density at radius 2 is 1.78 bits per heavy atom. The van der Waals surface area contributed by atoms with Crippen LogP contribution < -0.4 is 10.1 Å². The Labute approximate surface area is 212 Å². The Balaban J connectivity index is 1.55. The molecular formula is C26H31N5O4S. The van der Waals surface area contributed by atoms with Crippen molar-refractivity contribution in [3.63, 3.8) is 0 Å². The van der Waals surface area contributed by atoms with Gasteiger partial charge >= 0.3 is 0 Å². The highest BCUT2D eigenvalue weighted by molar-refractivity contribution is 7.89. The maximum Gasteiger partial charge on any atom is 0.242 e. The van der Waals surface area contributed by atoms with Gasteiger partial charge in [-0.1, -0.05) is 18.6 Å². The standard InChI is InChI=1S/C26H31N5O4S/c1-30(2)36(32,33)22-13-9-20(10-14-22)25-29-23(17-27)26(35-25)28-18-24(31-15-5-4-6-16-31)19-7-11-21(34-3)12-8-19/h7-14,24,28H,4-6,15-16,18H2,1-3H3. The molecule has 1 aliphatic rings. The molecule has 1 saturated heterocycles. The Morgan fingerprint density at radius 1 is 1.11 bits per heavy atom. The number of nitrogens with zero attached hydrogens (tertiary/aromatic N) is 4. The number of rotatable bonds is 9. The molecule has 0 aliphatic carbocycles. The summed E-state index contributed by atoms with van der Waals surface area (Å²) in [4.78, 5) is 6.95. The molecule has 2 aromatic carbocycles. The fourth-order valence-electron chi connectivity index (χ4n) is 4.32. The topological polar surface area (TPSA) is 112 Å². The molecule has 2 heterocycles. The molecule has 0 bridgehead atoms. The van der Waals surface area contributed by atoms with Gasteiger partial charge in [0.25, 0.3) is 0 Å². The first-order chi connectivity index (χ1) is 17.3. The summed E-state index contributed by atoms with van der Waals surface area (Å²) in [6.07, 6.45) is 3.54.